The molecule has 2 rings (SSSR count). The predicted molar refractivity (Wildman–Crippen MR) is 73.8 cm³/mol. The van der Waals surface area contributed by atoms with E-state index in [0.29, 0.717) is 12.6 Å². The van der Waals surface area contributed by atoms with Crippen LogP contribution in [0, 0.1) is 0 Å². The highest BCUT2D eigenvalue weighted by atomic mass is 16.3. The molecule has 0 saturated heterocycles. The van der Waals surface area contributed by atoms with E-state index in [9.17, 15) is 5.11 Å². The van der Waals surface area contributed by atoms with Crippen LogP contribution in [0.1, 0.15) is 44.3 Å². The Morgan fingerprint density at radius 3 is 2.39 bits per heavy atom. The van der Waals surface area contributed by atoms with Crippen molar-refractivity contribution in [2.45, 2.75) is 44.8 Å². The van der Waals surface area contributed by atoms with Crippen LogP contribution >= 0.6 is 0 Å². The normalized spacial score (nSPS) is 17.3. The van der Waals surface area contributed by atoms with E-state index in [2.05, 4.69) is 17.0 Å². The maximum absolute atomic E-state index is 9.78. The Kier molecular flexibility index (Phi) is 4.61. The first-order valence-electron chi connectivity index (χ1n) is 6.91. The summed E-state index contributed by atoms with van der Waals surface area (Å²) in [6.07, 6.45) is 4.11. The highest BCUT2D eigenvalue weighted by Gasteiger charge is 2.24. The number of rotatable bonds is 6. The van der Waals surface area contributed by atoms with Gasteiger partial charge in [-0.05, 0) is 43.4 Å². The summed E-state index contributed by atoms with van der Waals surface area (Å²) < 4.78 is 0. The fourth-order valence-electron chi connectivity index (χ4n) is 2.45. The third-order valence-electron chi connectivity index (χ3n) is 3.85. The fourth-order valence-corrected chi connectivity index (χ4v) is 2.45. The molecule has 1 saturated carbocycles. The third kappa shape index (κ3) is 2.85. The van der Waals surface area contributed by atoms with Crippen molar-refractivity contribution in [3.8, 4) is 0 Å². The smallest absolute Gasteiger partial charge is 0.0787 e. The topological polar surface area (TPSA) is 43.7 Å². The van der Waals surface area contributed by atoms with Gasteiger partial charge in [-0.15, -0.1) is 0 Å². The second-order valence-electron chi connectivity index (χ2n) is 5.02. The highest BCUT2D eigenvalue weighted by molar-refractivity contribution is 5.49. The molecule has 100 valence electrons. The maximum Gasteiger partial charge on any atom is 0.0787 e. The zero-order chi connectivity index (χ0) is 13.0. The molecule has 0 amide bonds. The Bertz CT molecular complexity index is 359. The Morgan fingerprint density at radius 2 is 1.94 bits per heavy atom. The summed E-state index contributed by atoms with van der Waals surface area (Å²) >= 11 is 0. The molecular weight excluding hydrogens is 226 g/mol. The van der Waals surface area contributed by atoms with E-state index in [0.717, 1.165) is 17.7 Å². The van der Waals surface area contributed by atoms with Gasteiger partial charge in [0, 0.05) is 18.3 Å². The van der Waals surface area contributed by atoms with Crippen LogP contribution in [0.15, 0.2) is 24.3 Å². The monoisotopic (exact) mass is 249 g/mol. The first-order valence-corrected chi connectivity index (χ1v) is 6.91. The lowest BCUT2D eigenvalue weighted by molar-refractivity contribution is 0.173. The van der Waals surface area contributed by atoms with Crippen molar-refractivity contribution in [3.05, 3.63) is 29.8 Å². The molecule has 0 unspecified atom stereocenters. The number of benzene rings is 1. The summed E-state index contributed by atoms with van der Waals surface area (Å²) in [4.78, 5) is 2.28. The van der Waals surface area contributed by atoms with Crippen molar-refractivity contribution in [2.75, 3.05) is 18.1 Å². The standard InChI is InChI=1S/C15H23NO2/c1-2-15(18)12-6-8-14(9-7-12)16(10-11-17)13-4-3-5-13/h6-9,13,15,17-18H,2-5,10-11H2,1H3/t15-/m0/s1. The molecule has 0 heterocycles. The number of nitrogens with zero attached hydrogens (tertiary/aromatic N) is 1. The van der Waals surface area contributed by atoms with Gasteiger partial charge in [0.2, 0.25) is 0 Å². The number of hydrogen-bond donors (Lipinski definition) is 2. The molecule has 3 heteroatoms. The molecule has 0 spiro atoms. The second kappa shape index (κ2) is 6.21. The molecular formula is C15H23NO2. The molecule has 0 aromatic heterocycles. The van der Waals surface area contributed by atoms with E-state index in [-0.39, 0.29) is 12.7 Å². The average molecular weight is 249 g/mol. The number of aliphatic hydroxyl groups is 2. The van der Waals surface area contributed by atoms with Gasteiger partial charge < -0.3 is 15.1 Å². The maximum atomic E-state index is 9.78. The van der Waals surface area contributed by atoms with Crippen LogP contribution < -0.4 is 4.90 Å². The van der Waals surface area contributed by atoms with Gasteiger partial charge in [-0.2, -0.15) is 0 Å². The molecule has 1 aliphatic carbocycles. The molecule has 0 aliphatic heterocycles. The van der Waals surface area contributed by atoms with Gasteiger partial charge in [-0.3, -0.25) is 0 Å². The number of hydrogen-bond acceptors (Lipinski definition) is 3. The van der Waals surface area contributed by atoms with Gasteiger partial charge in [0.05, 0.1) is 12.7 Å². The average Bonchev–Trinajstić information content (AvgIpc) is 2.35. The van der Waals surface area contributed by atoms with Crippen LogP contribution in [0.2, 0.25) is 0 Å². The molecule has 3 nitrogen and oxygen atoms in total. The number of anilines is 1. The van der Waals surface area contributed by atoms with Crippen molar-refractivity contribution >= 4 is 5.69 Å². The molecule has 1 fully saturated rings. The summed E-state index contributed by atoms with van der Waals surface area (Å²) in [5.74, 6) is 0. The Hall–Kier alpha value is -1.06. The Balaban J connectivity index is 2.10. The lowest BCUT2D eigenvalue weighted by Gasteiger charge is -2.39. The molecule has 0 bridgehead atoms. The minimum absolute atomic E-state index is 0.190. The van der Waals surface area contributed by atoms with Crippen LogP contribution in [0.3, 0.4) is 0 Å². The van der Waals surface area contributed by atoms with Crippen molar-refractivity contribution in [1.82, 2.24) is 0 Å². The SMILES string of the molecule is CC[C@H](O)c1ccc(N(CCO)C2CCC2)cc1. The van der Waals surface area contributed by atoms with Crippen molar-refractivity contribution in [1.29, 1.82) is 0 Å². The van der Waals surface area contributed by atoms with E-state index >= 15 is 0 Å². The van der Waals surface area contributed by atoms with E-state index < -0.39 is 0 Å². The van der Waals surface area contributed by atoms with Gasteiger partial charge in [-0.1, -0.05) is 19.1 Å². The van der Waals surface area contributed by atoms with Gasteiger partial charge in [0.25, 0.3) is 0 Å². The summed E-state index contributed by atoms with van der Waals surface area (Å²) in [5.41, 5.74) is 2.12. The Labute approximate surface area is 109 Å². The molecule has 1 aromatic carbocycles. The minimum Gasteiger partial charge on any atom is -0.395 e. The van der Waals surface area contributed by atoms with E-state index in [1.54, 1.807) is 0 Å². The van der Waals surface area contributed by atoms with Crippen molar-refractivity contribution < 1.29 is 10.2 Å². The van der Waals surface area contributed by atoms with Crippen molar-refractivity contribution in [2.24, 2.45) is 0 Å². The van der Waals surface area contributed by atoms with Crippen molar-refractivity contribution in [3.63, 3.8) is 0 Å². The zero-order valence-electron chi connectivity index (χ0n) is 11.0. The summed E-state index contributed by atoms with van der Waals surface area (Å²) in [7, 11) is 0. The van der Waals surface area contributed by atoms with Crippen LogP contribution in [-0.4, -0.2) is 29.4 Å². The number of aliphatic hydroxyl groups excluding tert-OH is 2. The molecule has 1 aromatic rings. The zero-order valence-corrected chi connectivity index (χ0v) is 11.0. The van der Waals surface area contributed by atoms with E-state index in [1.807, 2.05) is 19.1 Å². The fraction of sp³-hybridized carbons (Fsp3) is 0.600. The van der Waals surface area contributed by atoms with Crippen LogP contribution in [0.5, 0.6) is 0 Å². The molecule has 2 N–H and O–H groups in total. The van der Waals surface area contributed by atoms with Gasteiger partial charge in [0.15, 0.2) is 0 Å². The molecule has 1 atom stereocenters. The molecule has 1 aliphatic rings. The summed E-state index contributed by atoms with van der Waals surface area (Å²) in [5, 5.41) is 18.9. The van der Waals surface area contributed by atoms with Crippen LogP contribution in [0.25, 0.3) is 0 Å². The highest BCUT2D eigenvalue weighted by Crippen LogP contribution is 2.30. The van der Waals surface area contributed by atoms with Gasteiger partial charge >= 0.3 is 0 Å². The lowest BCUT2D eigenvalue weighted by Crippen LogP contribution is -2.41. The predicted octanol–water partition coefficient (Wildman–Crippen LogP) is 2.48. The molecule has 18 heavy (non-hydrogen) atoms. The third-order valence-corrected chi connectivity index (χ3v) is 3.85. The first kappa shape index (κ1) is 13.4. The minimum atomic E-state index is -0.367. The quantitative estimate of drug-likeness (QED) is 0.814. The summed E-state index contributed by atoms with van der Waals surface area (Å²) in [6.45, 7) is 2.86. The summed E-state index contributed by atoms with van der Waals surface area (Å²) in [6, 6.07) is 8.68. The Morgan fingerprint density at radius 1 is 1.28 bits per heavy atom. The van der Waals surface area contributed by atoms with E-state index in [4.69, 9.17) is 5.11 Å². The molecule has 0 radical (unpaired) electrons. The second-order valence-corrected chi connectivity index (χ2v) is 5.02. The van der Waals surface area contributed by atoms with Gasteiger partial charge in [-0.25, -0.2) is 0 Å². The lowest BCUT2D eigenvalue weighted by atomic mass is 9.91. The van der Waals surface area contributed by atoms with Crippen LogP contribution in [-0.2, 0) is 0 Å². The van der Waals surface area contributed by atoms with Gasteiger partial charge in [0.1, 0.15) is 0 Å². The van der Waals surface area contributed by atoms with E-state index in [1.165, 1.54) is 19.3 Å². The first-order chi connectivity index (χ1) is 8.76. The largest absolute Gasteiger partial charge is 0.395 e. The van der Waals surface area contributed by atoms with Crippen LogP contribution in [0.4, 0.5) is 5.69 Å².